The Hall–Kier alpha value is -7.62. The summed E-state index contributed by atoms with van der Waals surface area (Å²) >= 11 is 0. The Bertz CT molecular complexity index is 2700. The van der Waals surface area contributed by atoms with Crippen LogP contribution < -0.4 is 14.7 Å². The summed E-state index contributed by atoms with van der Waals surface area (Å²) in [5.41, 5.74) is 17.6. The third-order valence-electron chi connectivity index (χ3n) is 11.6. The molecule has 9 aromatic carbocycles. The molecule has 3 nitrogen and oxygen atoms in total. The average Bonchev–Trinajstić information content (AvgIpc) is 3.31. The minimum absolute atomic E-state index is 0.218. The number of aryl methyl sites for hydroxylation is 3. The fraction of sp³-hybridized carbons (Fsp3) is 0.0847. The Labute approximate surface area is 367 Å². The maximum absolute atomic E-state index is 2.37. The maximum Gasteiger partial charge on any atom is 0.0464 e. The zero-order chi connectivity index (χ0) is 42.3. The van der Waals surface area contributed by atoms with Gasteiger partial charge in [-0.1, -0.05) is 133 Å². The van der Waals surface area contributed by atoms with Crippen LogP contribution in [0.4, 0.5) is 51.2 Å². The van der Waals surface area contributed by atoms with Crippen molar-refractivity contribution < 1.29 is 0 Å². The van der Waals surface area contributed by atoms with Crippen LogP contribution in [-0.4, -0.2) is 0 Å². The molecule has 0 saturated heterocycles. The van der Waals surface area contributed by atoms with Crippen molar-refractivity contribution >= 4 is 51.2 Å². The Balaban J connectivity index is 1.12. The molecule has 9 aromatic rings. The van der Waals surface area contributed by atoms with Crippen molar-refractivity contribution in [3.63, 3.8) is 0 Å². The zero-order valence-corrected chi connectivity index (χ0v) is 35.6. The van der Waals surface area contributed by atoms with E-state index in [0.29, 0.717) is 0 Å². The van der Waals surface area contributed by atoms with Gasteiger partial charge >= 0.3 is 0 Å². The van der Waals surface area contributed by atoms with Gasteiger partial charge in [-0.25, -0.2) is 0 Å². The molecule has 0 aliphatic heterocycles. The van der Waals surface area contributed by atoms with E-state index in [9.17, 15) is 0 Å². The highest BCUT2D eigenvalue weighted by Gasteiger charge is 2.20. The van der Waals surface area contributed by atoms with Crippen LogP contribution in [0, 0.1) is 20.8 Å². The second kappa shape index (κ2) is 18.3. The van der Waals surface area contributed by atoms with E-state index in [1.807, 2.05) is 0 Å². The lowest BCUT2D eigenvalue weighted by Gasteiger charge is -2.30. The van der Waals surface area contributed by atoms with Gasteiger partial charge in [-0.3, -0.25) is 0 Å². The van der Waals surface area contributed by atoms with E-state index < -0.39 is 0 Å². The summed E-state index contributed by atoms with van der Waals surface area (Å²) in [5.74, 6) is 0.218. The second-order valence-corrected chi connectivity index (χ2v) is 16.1. The molecule has 0 fully saturated rings. The van der Waals surface area contributed by atoms with Crippen LogP contribution in [0.2, 0.25) is 0 Å². The summed E-state index contributed by atoms with van der Waals surface area (Å²) in [4.78, 5) is 7.02. The van der Waals surface area contributed by atoms with Gasteiger partial charge in [0.1, 0.15) is 0 Å². The van der Waals surface area contributed by atoms with Crippen molar-refractivity contribution in [3.8, 4) is 0 Å². The van der Waals surface area contributed by atoms with Gasteiger partial charge in [-0.15, -0.1) is 0 Å². The van der Waals surface area contributed by atoms with Crippen molar-refractivity contribution in [3.05, 3.63) is 270 Å². The SMILES string of the molecule is Cc1cccc(CC(c2ccccc2)c2ccc(N(c3ccc(N(c4ccccc4)c4cccc(C)c4)cc3)c3ccc(N(c4ccccc4)c4cccc(C)c4)cc3)cc2)c1. The molecule has 0 bridgehead atoms. The molecule has 302 valence electrons. The summed E-state index contributed by atoms with van der Waals surface area (Å²) in [6.45, 7) is 6.47. The number of rotatable bonds is 13. The molecule has 0 spiro atoms. The molecule has 0 N–H and O–H groups in total. The predicted molar refractivity (Wildman–Crippen MR) is 263 cm³/mol. The summed E-state index contributed by atoms with van der Waals surface area (Å²) in [6, 6.07) is 85.6. The van der Waals surface area contributed by atoms with E-state index in [0.717, 1.165) is 57.6 Å². The van der Waals surface area contributed by atoms with Crippen molar-refractivity contribution in [2.75, 3.05) is 14.7 Å². The van der Waals surface area contributed by atoms with Crippen molar-refractivity contribution in [1.82, 2.24) is 0 Å². The first kappa shape index (κ1) is 39.8. The Morgan fingerprint density at radius 2 is 0.581 bits per heavy atom. The van der Waals surface area contributed by atoms with Crippen LogP contribution in [0.1, 0.15) is 39.3 Å². The van der Waals surface area contributed by atoms with E-state index >= 15 is 0 Å². The highest BCUT2D eigenvalue weighted by atomic mass is 15.2. The fourth-order valence-corrected chi connectivity index (χ4v) is 8.58. The monoisotopic (exact) mass is 801 g/mol. The minimum Gasteiger partial charge on any atom is -0.311 e. The van der Waals surface area contributed by atoms with Crippen molar-refractivity contribution in [2.45, 2.75) is 33.1 Å². The van der Waals surface area contributed by atoms with Gasteiger partial charge in [0.2, 0.25) is 0 Å². The smallest absolute Gasteiger partial charge is 0.0464 e. The van der Waals surface area contributed by atoms with Gasteiger partial charge in [-0.05, 0) is 164 Å². The molecule has 1 atom stereocenters. The van der Waals surface area contributed by atoms with Gasteiger partial charge in [0.05, 0.1) is 0 Å². The van der Waals surface area contributed by atoms with Crippen molar-refractivity contribution in [1.29, 1.82) is 0 Å². The van der Waals surface area contributed by atoms with Crippen molar-refractivity contribution in [2.24, 2.45) is 0 Å². The van der Waals surface area contributed by atoms with Gasteiger partial charge in [-0.2, -0.15) is 0 Å². The summed E-state index contributed by atoms with van der Waals surface area (Å²) in [7, 11) is 0. The highest BCUT2D eigenvalue weighted by molar-refractivity contribution is 5.83. The first-order valence-corrected chi connectivity index (χ1v) is 21.5. The summed E-state index contributed by atoms with van der Waals surface area (Å²) in [5, 5.41) is 0. The first-order chi connectivity index (χ1) is 30.5. The first-order valence-electron chi connectivity index (χ1n) is 21.5. The van der Waals surface area contributed by atoms with Gasteiger partial charge < -0.3 is 14.7 Å². The molecule has 0 aromatic heterocycles. The number of hydrogen-bond donors (Lipinski definition) is 0. The van der Waals surface area contributed by atoms with Crippen LogP contribution in [0.25, 0.3) is 0 Å². The molecule has 0 heterocycles. The van der Waals surface area contributed by atoms with Crippen LogP contribution in [0.15, 0.2) is 237 Å². The van der Waals surface area contributed by atoms with Crippen LogP contribution in [0.3, 0.4) is 0 Å². The standard InChI is InChI=1S/C59H51N3/c1-44-16-13-19-47(40-44)43-59(48-20-7-4-8-21-48)49-28-30-52(31-29-49)60(53-32-36-55(37-33-53)61(50-22-9-5-10-23-50)57-26-14-17-45(2)41-57)54-34-38-56(39-35-54)62(51-24-11-6-12-25-51)58-27-15-18-46(3)42-58/h4-42,59H,43H2,1-3H3. The normalized spacial score (nSPS) is 11.5. The number of benzene rings is 9. The molecule has 0 aliphatic carbocycles. The second-order valence-electron chi connectivity index (χ2n) is 16.1. The van der Waals surface area contributed by atoms with E-state index in [-0.39, 0.29) is 5.92 Å². The Morgan fingerprint density at radius 3 is 0.984 bits per heavy atom. The number of anilines is 9. The zero-order valence-electron chi connectivity index (χ0n) is 35.6. The van der Waals surface area contributed by atoms with E-state index in [4.69, 9.17) is 0 Å². The van der Waals surface area contributed by atoms with E-state index in [1.165, 1.54) is 33.4 Å². The van der Waals surface area contributed by atoms with E-state index in [1.54, 1.807) is 0 Å². The lowest BCUT2D eigenvalue weighted by molar-refractivity contribution is 0.804. The van der Waals surface area contributed by atoms with E-state index in [2.05, 4.69) is 272 Å². The molecule has 0 aliphatic rings. The van der Waals surface area contributed by atoms with Gasteiger partial charge in [0.25, 0.3) is 0 Å². The lowest BCUT2D eigenvalue weighted by Crippen LogP contribution is -2.13. The topological polar surface area (TPSA) is 9.72 Å². The number of hydrogen-bond acceptors (Lipinski definition) is 3. The lowest BCUT2D eigenvalue weighted by atomic mass is 9.85. The fourth-order valence-electron chi connectivity index (χ4n) is 8.58. The molecule has 0 amide bonds. The summed E-state index contributed by atoms with van der Waals surface area (Å²) in [6.07, 6.45) is 0.926. The predicted octanol–water partition coefficient (Wildman–Crippen LogP) is 16.4. The number of nitrogens with zero attached hydrogens (tertiary/aromatic N) is 3. The van der Waals surface area contributed by atoms with Gasteiger partial charge in [0, 0.05) is 57.1 Å². The van der Waals surface area contributed by atoms with Crippen LogP contribution in [-0.2, 0) is 6.42 Å². The third kappa shape index (κ3) is 8.94. The number of para-hydroxylation sites is 2. The maximum atomic E-state index is 2.37. The van der Waals surface area contributed by atoms with Gasteiger partial charge in [0.15, 0.2) is 0 Å². The van der Waals surface area contributed by atoms with Crippen LogP contribution >= 0.6 is 0 Å². The summed E-state index contributed by atoms with van der Waals surface area (Å²) < 4.78 is 0. The molecule has 9 rings (SSSR count). The Kier molecular flexibility index (Phi) is 11.8. The molecule has 0 saturated carbocycles. The minimum atomic E-state index is 0.218. The Morgan fingerprint density at radius 1 is 0.274 bits per heavy atom. The quantitative estimate of drug-likeness (QED) is 0.115. The third-order valence-corrected chi connectivity index (χ3v) is 11.6. The largest absolute Gasteiger partial charge is 0.311 e. The molecular weight excluding hydrogens is 751 g/mol. The molecular formula is C59H51N3. The average molecular weight is 802 g/mol. The molecule has 0 radical (unpaired) electrons. The highest BCUT2D eigenvalue weighted by Crippen LogP contribution is 2.42. The molecule has 1 unspecified atom stereocenters. The molecule has 3 heteroatoms. The van der Waals surface area contributed by atoms with Crippen LogP contribution in [0.5, 0.6) is 0 Å². The molecule has 62 heavy (non-hydrogen) atoms.